The highest BCUT2D eigenvalue weighted by molar-refractivity contribution is 5.93. The summed E-state index contributed by atoms with van der Waals surface area (Å²) in [6.07, 6.45) is 4.01. The van der Waals surface area contributed by atoms with E-state index in [1.807, 2.05) is 0 Å². The number of fused-ring (bicyclic) bond motifs is 1. The maximum Gasteiger partial charge on any atom is 0.338 e. The zero-order chi connectivity index (χ0) is 17.3. The van der Waals surface area contributed by atoms with Gasteiger partial charge in [-0.3, -0.25) is 9.97 Å². The molecule has 0 aliphatic heterocycles. The van der Waals surface area contributed by atoms with Crippen LogP contribution in [-0.4, -0.2) is 34.8 Å². The van der Waals surface area contributed by atoms with E-state index in [1.54, 1.807) is 30.6 Å². The lowest BCUT2D eigenvalue weighted by Gasteiger charge is -2.50. The highest BCUT2D eigenvalue weighted by atomic mass is 16.6. The van der Waals surface area contributed by atoms with Gasteiger partial charge in [0.2, 0.25) is 0 Å². The van der Waals surface area contributed by atoms with Gasteiger partial charge in [-0.2, -0.15) is 0 Å². The Hall–Kier alpha value is -2.01. The van der Waals surface area contributed by atoms with Gasteiger partial charge in [0, 0.05) is 30.8 Å². The highest BCUT2D eigenvalue weighted by Gasteiger charge is 2.51. The molecule has 1 aromatic carbocycles. The Morgan fingerprint density at radius 3 is 2.58 bits per heavy atom. The van der Waals surface area contributed by atoms with Crippen LogP contribution in [0.4, 0.5) is 0 Å². The number of hydrogen-bond donors (Lipinski definition) is 0. The van der Waals surface area contributed by atoms with Gasteiger partial charge in [-0.05, 0) is 24.1 Å². The molecule has 0 bridgehead atoms. The number of rotatable bonds is 5. The number of aromatic nitrogens is 2. The summed E-state index contributed by atoms with van der Waals surface area (Å²) in [6, 6.07) is 5.25. The number of benzene rings is 1. The van der Waals surface area contributed by atoms with Crippen LogP contribution < -0.4 is 0 Å². The van der Waals surface area contributed by atoms with Crippen molar-refractivity contribution in [2.45, 2.75) is 46.3 Å². The topological polar surface area (TPSA) is 61.3 Å². The predicted molar refractivity (Wildman–Crippen MR) is 91.7 cm³/mol. The van der Waals surface area contributed by atoms with Gasteiger partial charge in [0.25, 0.3) is 0 Å². The summed E-state index contributed by atoms with van der Waals surface area (Å²) in [4.78, 5) is 20.9. The number of carbonyl (C=O) groups is 1. The molecule has 1 saturated carbocycles. The van der Waals surface area contributed by atoms with Crippen molar-refractivity contribution in [3.63, 3.8) is 0 Å². The van der Waals surface area contributed by atoms with Crippen molar-refractivity contribution < 1.29 is 14.3 Å². The van der Waals surface area contributed by atoms with Crippen LogP contribution in [0.25, 0.3) is 11.0 Å². The molecular formula is C19H24N2O3. The van der Waals surface area contributed by atoms with Crippen molar-refractivity contribution in [2.24, 2.45) is 11.3 Å². The molecule has 3 rings (SSSR count). The summed E-state index contributed by atoms with van der Waals surface area (Å²) >= 11 is 0. The summed E-state index contributed by atoms with van der Waals surface area (Å²) in [5.74, 6) is 0.184. The largest absolute Gasteiger partial charge is 0.458 e. The van der Waals surface area contributed by atoms with Crippen molar-refractivity contribution in [1.29, 1.82) is 0 Å². The molecule has 1 heterocycles. The fraction of sp³-hybridized carbons (Fsp3) is 0.526. The molecule has 0 amide bonds. The Bertz CT molecular complexity index is 742. The standard InChI is InChI=1S/C19H24N2O3/c1-12(2)11-23-16-10-17(19(16,3)4)24-18(22)13-5-6-14-15(9-13)21-8-7-20-14/h5-9,12,16-17H,10-11H2,1-4H3. The van der Waals surface area contributed by atoms with Gasteiger partial charge in [0.1, 0.15) is 6.10 Å². The Balaban J connectivity index is 1.64. The first-order valence-electron chi connectivity index (χ1n) is 8.41. The monoisotopic (exact) mass is 328 g/mol. The highest BCUT2D eigenvalue weighted by Crippen LogP contribution is 2.45. The van der Waals surface area contributed by atoms with E-state index in [0.717, 1.165) is 18.5 Å². The molecule has 0 saturated heterocycles. The molecule has 24 heavy (non-hydrogen) atoms. The van der Waals surface area contributed by atoms with Crippen molar-refractivity contribution in [2.75, 3.05) is 6.61 Å². The van der Waals surface area contributed by atoms with Gasteiger partial charge in [0.15, 0.2) is 0 Å². The Kier molecular flexibility index (Phi) is 4.54. The molecule has 1 aliphatic carbocycles. The molecule has 1 aliphatic rings. The molecule has 128 valence electrons. The van der Waals surface area contributed by atoms with Crippen molar-refractivity contribution in [3.8, 4) is 0 Å². The first kappa shape index (κ1) is 16.8. The third-order valence-electron chi connectivity index (χ3n) is 4.67. The van der Waals surface area contributed by atoms with Crippen LogP contribution in [0, 0.1) is 11.3 Å². The molecule has 5 heteroatoms. The molecule has 0 spiro atoms. The van der Waals surface area contributed by atoms with Gasteiger partial charge in [-0.25, -0.2) is 4.79 Å². The second-order valence-electron chi connectivity index (χ2n) is 7.43. The Morgan fingerprint density at radius 2 is 1.92 bits per heavy atom. The molecule has 5 nitrogen and oxygen atoms in total. The lowest BCUT2D eigenvalue weighted by atomic mass is 9.66. The third kappa shape index (κ3) is 3.26. The average molecular weight is 328 g/mol. The average Bonchev–Trinajstić information content (AvgIpc) is 2.56. The first-order valence-corrected chi connectivity index (χ1v) is 8.41. The fourth-order valence-corrected chi connectivity index (χ4v) is 2.93. The maximum atomic E-state index is 12.4. The van der Waals surface area contributed by atoms with E-state index in [4.69, 9.17) is 9.47 Å². The van der Waals surface area contributed by atoms with E-state index in [1.165, 1.54) is 0 Å². The summed E-state index contributed by atoms with van der Waals surface area (Å²) in [7, 11) is 0. The van der Waals surface area contributed by atoms with Crippen LogP contribution in [0.15, 0.2) is 30.6 Å². The second kappa shape index (κ2) is 6.48. The van der Waals surface area contributed by atoms with Crippen LogP contribution in [0.5, 0.6) is 0 Å². The molecule has 0 N–H and O–H groups in total. The van der Waals surface area contributed by atoms with E-state index in [-0.39, 0.29) is 23.6 Å². The van der Waals surface area contributed by atoms with E-state index < -0.39 is 0 Å². The quantitative estimate of drug-likeness (QED) is 0.784. The molecule has 1 fully saturated rings. The molecular weight excluding hydrogens is 304 g/mol. The lowest BCUT2D eigenvalue weighted by molar-refractivity contribution is -0.180. The molecule has 1 aromatic heterocycles. The van der Waals surface area contributed by atoms with Gasteiger partial charge in [-0.1, -0.05) is 27.7 Å². The number of esters is 1. The van der Waals surface area contributed by atoms with Gasteiger partial charge >= 0.3 is 5.97 Å². The zero-order valence-electron chi connectivity index (χ0n) is 14.7. The lowest BCUT2D eigenvalue weighted by Crippen LogP contribution is -2.56. The van der Waals surface area contributed by atoms with Crippen molar-refractivity contribution >= 4 is 17.0 Å². The normalized spacial score (nSPS) is 22.4. The minimum Gasteiger partial charge on any atom is -0.458 e. The molecule has 2 aromatic rings. The maximum absolute atomic E-state index is 12.4. The van der Waals surface area contributed by atoms with Crippen molar-refractivity contribution in [3.05, 3.63) is 36.2 Å². The summed E-state index contributed by atoms with van der Waals surface area (Å²) in [6.45, 7) is 9.17. The van der Waals surface area contributed by atoms with Gasteiger partial charge in [-0.15, -0.1) is 0 Å². The second-order valence-corrected chi connectivity index (χ2v) is 7.43. The third-order valence-corrected chi connectivity index (χ3v) is 4.67. The van der Waals surface area contributed by atoms with E-state index in [2.05, 4.69) is 37.7 Å². The van der Waals surface area contributed by atoms with Crippen LogP contribution in [0.1, 0.15) is 44.5 Å². The van der Waals surface area contributed by atoms with Gasteiger partial charge < -0.3 is 9.47 Å². The van der Waals surface area contributed by atoms with E-state index in [9.17, 15) is 4.79 Å². The first-order chi connectivity index (χ1) is 11.4. The number of carbonyl (C=O) groups excluding carboxylic acids is 1. The van der Waals surface area contributed by atoms with E-state index in [0.29, 0.717) is 17.0 Å². The van der Waals surface area contributed by atoms with Crippen LogP contribution in [0.3, 0.4) is 0 Å². The SMILES string of the molecule is CC(C)COC1CC(OC(=O)c2ccc3nccnc3c2)C1(C)C. The van der Waals surface area contributed by atoms with Crippen LogP contribution in [0.2, 0.25) is 0 Å². The summed E-state index contributed by atoms with van der Waals surface area (Å²) in [5, 5.41) is 0. The summed E-state index contributed by atoms with van der Waals surface area (Å²) in [5.41, 5.74) is 1.80. The van der Waals surface area contributed by atoms with Gasteiger partial charge in [0.05, 0.1) is 22.7 Å². The summed E-state index contributed by atoms with van der Waals surface area (Å²) < 4.78 is 11.6. The fourth-order valence-electron chi connectivity index (χ4n) is 2.93. The van der Waals surface area contributed by atoms with Crippen LogP contribution >= 0.6 is 0 Å². The van der Waals surface area contributed by atoms with E-state index >= 15 is 0 Å². The zero-order valence-corrected chi connectivity index (χ0v) is 14.7. The predicted octanol–water partition coefficient (Wildman–Crippen LogP) is 3.63. The Morgan fingerprint density at radius 1 is 1.21 bits per heavy atom. The number of nitrogens with zero attached hydrogens (tertiary/aromatic N) is 2. The number of hydrogen-bond acceptors (Lipinski definition) is 5. The van der Waals surface area contributed by atoms with Crippen molar-refractivity contribution in [1.82, 2.24) is 9.97 Å². The van der Waals surface area contributed by atoms with Crippen LogP contribution in [-0.2, 0) is 9.47 Å². The molecule has 0 radical (unpaired) electrons. The smallest absolute Gasteiger partial charge is 0.338 e. The number of ether oxygens (including phenoxy) is 2. The minimum absolute atomic E-state index is 0.125. The Labute approximate surface area is 142 Å². The molecule has 2 atom stereocenters. The minimum atomic E-state index is -0.317. The molecule has 2 unspecified atom stereocenters.